The van der Waals surface area contributed by atoms with Gasteiger partial charge in [0, 0.05) is 44.8 Å². The minimum absolute atomic E-state index is 0.391. The van der Waals surface area contributed by atoms with E-state index in [1.807, 2.05) is 0 Å². The molecule has 3 fully saturated rings. The molecule has 0 spiro atoms. The number of piperazine rings is 3. The van der Waals surface area contributed by atoms with Gasteiger partial charge in [-0.05, 0) is 12.3 Å². The monoisotopic (exact) mass is 225 g/mol. The number of rotatable bonds is 5. The fourth-order valence-electron chi connectivity index (χ4n) is 3.02. The van der Waals surface area contributed by atoms with Gasteiger partial charge in [0.05, 0.1) is 0 Å². The standard InChI is InChI=1S/C13H27N3/c1-11(2)4-3-5-12(14)13-10-15-6-8-16(13)9-7-15/h11-13H,3-10,14H2,1-2H3. The summed E-state index contributed by atoms with van der Waals surface area (Å²) in [7, 11) is 0. The lowest BCUT2D eigenvalue weighted by Gasteiger charge is -2.49. The Morgan fingerprint density at radius 3 is 2.31 bits per heavy atom. The molecule has 3 heterocycles. The van der Waals surface area contributed by atoms with Crippen molar-refractivity contribution in [1.29, 1.82) is 0 Å². The maximum absolute atomic E-state index is 6.35. The summed E-state index contributed by atoms with van der Waals surface area (Å²) in [5, 5.41) is 0. The summed E-state index contributed by atoms with van der Waals surface area (Å²) < 4.78 is 0. The Hall–Kier alpha value is -0.120. The minimum Gasteiger partial charge on any atom is -0.326 e. The first kappa shape index (κ1) is 12.3. The van der Waals surface area contributed by atoms with E-state index in [1.54, 1.807) is 0 Å². The third-order valence-electron chi connectivity index (χ3n) is 4.13. The zero-order chi connectivity index (χ0) is 11.5. The van der Waals surface area contributed by atoms with E-state index in [9.17, 15) is 0 Å². The van der Waals surface area contributed by atoms with Gasteiger partial charge in [0.2, 0.25) is 0 Å². The van der Waals surface area contributed by atoms with Crippen LogP contribution in [0.1, 0.15) is 33.1 Å². The molecule has 2 atom stereocenters. The van der Waals surface area contributed by atoms with Crippen LogP contribution in [0, 0.1) is 5.92 Å². The summed E-state index contributed by atoms with van der Waals surface area (Å²) in [6.07, 6.45) is 3.82. The molecule has 0 aromatic carbocycles. The normalized spacial score (nSPS) is 35.6. The van der Waals surface area contributed by atoms with Gasteiger partial charge in [-0.2, -0.15) is 0 Å². The molecule has 0 aliphatic carbocycles. The Morgan fingerprint density at radius 2 is 1.81 bits per heavy atom. The molecule has 3 rings (SSSR count). The first-order valence-corrected chi connectivity index (χ1v) is 6.89. The van der Waals surface area contributed by atoms with Gasteiger partial charge in [0.1, 0.15) is 0 Å². The van der Waals surface area contributed by atoms with E-state index in [-0.39, 0.29) is 0 Å². The number of hydrogen-bond acceptors (Lipinski definition) is 3. The molecule has 2 bridgehead atoms. The summed E-state index contributed by atoms with van der Waals surface area (Å²) in [6.45, 7) is 10.8. The van der Waals surface area contributed by atoms with Gasteiger partial charge in [-0.3, -0.25) is 9.80 Å². The van der Waals surface area contributed by atoms with Crippen molar-refractivity contribution < 1.29 is 0 Å². The molecule has 3 nitrogen and oxygen atoms in total. The van der Waals surface area contributed by atoms with Crippen LogP contribution in [0.25, 0.3) is 0 Å². The lowest BCUT2D eigenvalue weighted by molar-refractivity contribution is 0.00104. The van der Waals surface area contributed by atoms with Gasteiger partial charge in [-0.1, -0.05) is 26.7 Å². The smallest absolute Gasteiger partial charge is 0.0375 e. The van der Waals surface area contributed by atoms with E-state index < -0.39 is 0 Å². The second kappa shape index (κ2) is 5.48. The van der Waals surface area contributed by atoms with Crippen LogP contribution in [0.4, 0.5) is 0 Å². The summed E-state index contributed by atoms with van der Waals surface area (Å²) >= 11 is 0. The van der Waals surface area contributed by atoms with E-state index in [0.717, 1.165) is 5.92 Å². The highest BCUT2D eigenvalue weighted by Gasteiger charge is 2.34. The highest BCUT2D eigenvalue weighted by atomic mass is 15.3. The molecule has 0 saturated carbocycles. The second-order valence-corrected chi connectivity index (χ2v) is 5.89. The predicted molar refractivity (Wildman–Crippen MR) is 68.5 cm³/mol. The van der Waals surface area contributed by atoms with Gasteiger partial charge >= 0.3 is 0 Å². The molecule has 0 aromatic heterocycles. The van der Waals surface area contributed by atoms with Crippen LogP contribution in [0.15, 0.2) is 0 Å². The first-order chi connectivity index (χ1) is 7.66. The SMILES string of the molecule is CC(C)CCCC(N)C1CN2CCN1CC2. The Morgan fingerprint density at radius 1 is 1.12 bits per heavy atom. The molecule has 0 aromatic rings. The first-order valence-electron chi connectivity index (χ1n) is 6.89. The maximum atomic E-state index is 6.35. The highest BCUT2D eigenvalue weighted by Crippen LogP contribution is 2.20. The fourth-order valence-corrected chi connectivity index (χ4v) is 3.02. The van der Waals surface area contributed by atoms with E-state index in [2.05, 4.69) is 23.6 Å². The lowest BCUT2D eigenvalue weighted by Crippen LogP contribution is -2.65. The van der Waals surface area contributed by atoms with Gasteiger partial charge in [0.25, 0.3) is 0 Å². The number of nitrogens with zero attached hydrogens (tertiary/aromatic N) is 2. The quantitative estimate of drug-likeness (QED) is 0.761. The molecule has 3 aliphatic rings. The van der Waals surface area contributed by atoms with Gasteiger partial charge in [-0.25, -0.2) is 0 Å². The van der Waals surface area contributed by atoms with Crippen molar-refractivity contribution >= 4 is 0 Å². The van der Waals surface area contributed by atoms with E-state index in [4.69, 9.17) is 5.73 Å². The third-order valence-corrected chi connectivity index (χ3v) is 4.13. The van der Waals surface area contributed by atoms with Crippen molar-refractivity contribution in [3.05, 3.63) is 0 Å². The largest absolute Gasteiger partial charge is 0.326 e. The van der Waals surface area contributed by atoms with Crippen LogP contribution in [-0.4, -0.2) is 54.6 Å². The van der Waals surface area contributed by atoms with Crippen LogP contribution in [-0.2, 0) is 0 Å². The Kier molecular flexibility index (Phi) is 4.22. The molecular weight excluding hydrogens is 198 g/mol. The van der Waals surface area contributed by atoms with Crippen molar-refractivity contribution in [1.82, 2.24) is 9.80 Å². The molecule has 2 unspecified atom stereocenters. The summed E-state index contributed by atoms with van der Waals surface area (Å²) in [5.41, 5.74) is 6.35. The third kappa shape index (κ3) is 2.96. The molecule has 94 valence electrons. The molecule has 0 amide bonds. The minimum atomic E-state index is 0.391. The number of fused-ring (bicyclic) bond motifs is 3. The van der Waals surface area contributed by atoms with Crippen LogP contribution in [0.2, 0.25) is 0 Å². The number of hydrogen-bond donors (Lipinski definition) is 1. The zero-order valence-electron chi connectivity index (χ0n) is 10.9. The second-order valence-electron chi connectivity index (χ2n) is 5.89. The molecular formula is C13H27N3. The molecule has 3 aliphatic heterocycles. The summed E-state index contributed by atoms with van der Waals surface area (Å²) in [4.78, 5) is 5.19. The predicted octanol–water partition coefficient (Wildman–Crippen LogP) is 1.14. The van der Waals surface area contributed by atoms with E-state index in [0.29, 0.717) is 12.1 Å². The van der Waals surface area contributed by atoms with Gasteiger partial charge < -0.3 is 5.73 Å². The van der Waals surface area contributed by atoms with Crippen molar-refractivity contribution in [2.24, 2.45) is 11.7 Å². The van der Waals surface area contributed by atoms with Crippen molar-refractivity contribution in [3.8, 4) is 0 Å². The molecule has 3 saturated heterocycles. The zero-order valence-corrected chi connectivity index (χ0v) is 10.9. The van der Waals surface area contributed by atoms with Crippen LogP contribution in [0.5, 0.6) is 0 Å². The maximum Gasteiger partial charge on any atom is 0.0375 e. The fraction of sp³-hybridized carbons (Fsp3) is 1.00. The Balaban J connectivity index is 1.74. The van der Waals surface area contributed by atoms with Crippen molar-refractivity contribution in [2.45, 2.75) is 45.2 Å². The van der Waals surface area contributed by atoms with Crippen molar-refractivity contribution in [2.75, 3.05) is 32.7 Å². The van der Waals surface area contributed by atoms with Gasteiger partial charge in [-0.15, -0.1) is 0 Å². The van der Waals surface area contributed by atoms with E-state index >= 15 is 0 Å². The molecule has 16 heavy (non-hydrogen) atoms. The Bertz CT molecular complexity index is 209. The van der Waals surface area contributed by atoms with Crippen LogP contribution < -0.4 is 5.73 Å². The van der Waals surface area contributed by atoms with Crippen LogP contribution >= 0.6 is 0 Å². The average Bonchev–Trinajstić information content (AvgIpc) is 2.30. The van der Waals surface area contributed by atoms with Crippen molar-refractivity contribution in [3.63, 3.8) is 0 Å². The Labute approximate surface area is 100.0 Å². The summed E-state index contributed by atoms with van der Waals surface area (Å²) in [6, 6.07) is 1.02. The van der Waals surface area contributed by atoms with Crippen LogP contribution in [0.3, 0.4) is 0 Å². The number of nitrogens with two attached hydrogens (primary N) is 1. The van der Waals surface area contributed by atoms with Gasteiger partial charge in [0.15, 0.2) is 0 Å². The molecule has 2 N–H and O–H groups in total. The topological polar surface area (TPSA) is 32.5 Å². The summed E-state index contributed by atoms with van der Waals surface area (Å²) in [5.74, 6) is 0.819. The molecule has 0 radical (unpaired) electrons. The molecule has 3 heteroatoms. The lowest BCUT2D eigenvalue weighted by atomic mass is 9.95. The average molecular weight is 225 g/mol. The highest BCUT2D eigenvalue weighted by molar-refractivity contribution is 4.93. The van der Waals surface area contributed by atoms with E-state index in [1.165, 1.54) is 52.0 Å².